The van der Waals surface area contributed by atoms with Crippen molar-refractivity contribution in [1.29, 1.82) is 0 Å². The summed E-state index contributed by atoms with van der Waals surface area (Å²) in [4.78, 5) is 17.5. The van der Waals surface area contributed by atoms with Gasteiger partial charge < -0.3 is 4.90 Å². The minimum Gasteiger partial charge on any atom is -0.335 e. The fourth-order valence-electron chi connectivity index (χ4n) is 3.18. The summed E-state index contributed by atoms with van der Waals surface area (Å²) in [6, 6.07) is 11.6. The standard InChI is InChI=1S/C19H20ClN5OS/c20-17-5-2-1-4-15(17)12-25-14-16(21-22-25)13-23-7-9-24(10-8-23)19(26)18-6-3-11-27-18/h1-6,11,14H,7-10,12-13H2. The van der Waals surface area contributed by atoms with Gasteiger partial charge in [0.1, 0.15) is 0 Å². The Morgan fingerprint density at radius 2 is 1.89 bits per heavy atom. The topological polar surface area (TPSA) is 54.3 Å². The number of nitrogens with zero attached hydrogens (tertiary/aromatic N) is 5. The van der Waals surface area contributed by atoms with Crippen LogP contribution in [0.5, 0.6) is 0 Å². The van der Waals surface area contributed by atoms with E-state index in [4.69, 9.17) is 11.6 Å². The zero-order valence-corrected chi connectivity index (χ0v) is 16.4. The van der Waals surface area contributed by atoms with E-state index in [1.165, 1.54) is 11.3 Å². The maximum atomic E-state index is 12.4. The Balaban J connectivity index is 1.30. The first-order chi connectivity index (χ1) is 13.2. The molecule has 1 amide bonds. The first kappa shape index (κ1) is 18.2. The second kappa shape index (κ2) is 8.21. The molecule has 1 aliphatic heterocycles. The number of carbonyl (C=O) groups is 1. The molecule has 3 aromatic rings. The normalized spacial score (nSPS) is 15.2. The van der Waals surface area contributed by atoms with Gasteiger partial charge in [0.25, 0.3) is 5.91 Å². The number of aromatic nitrogens is 3. The predicted molar refractivity (Wildman–Crippen MR) is 106 cm³/mol. The molecule has 1 aromatic carbocycles. The van der Waals surface area contributed by atoms with E-state index in [-0.39, 0.29) is 5.91 Å². The number of hydrogen-bond acceptors (Lipinski definition) is 5. The summed E-state index contributed by atoms with van der Waals surface area (Å²) in [5.41, 5.74) is 1.96. The van der Waals surface area contributed by atoms with Gasteiger partial charge in [-0.15, -0.1) is 16.4 Å². The number of thiophene rings is 1. The average Bonchev–Trinajstić information content (AvgIpc) is 3.36. The fraction of sp³-hybridized carbons (Fsp3) is 0.316. The molecule has 6 nitrogen and oxygen atoms in total. The molecule has 2 aromatic heterocycles. The van der Waals surface area contributed by atoms with Gasteiger partial charge in [-0.05, 0) is 23.1 Å². The van der Waals surface area contributed by atoms with Crippen LogP contribution in [0.1, 0.15) is 20.9 Å². The molecule has 0 atom stereocenters. The molecule has 0 aliphatic carbocycles. The molecule has 8 heteroatoms. The van der Waals surface area contributed by atoms with Gasteiger partial charge in [-0.3, -0.25) is 9.69 Å². The van der Waals surface area contributed by atoms with Crippen molar-refractivity contribution in [1.82, 2.24) is 24.8 Å². The predicted octanol–water partition coefficient (Wildman–Crippen LogP) is 3.00. The van der Waals surface area contributed by atoms with Gasteiger partial charge in [-0.2, -0.15) is 0 Å². The molecular weight excluding hydrogens is 382 g/mol. The van der Waals surface area contributed by atoms with Crippen LogP contribution in [0.4, 0.5) is 0 Å². The largest absolute Gasteiger partial charge is 0.335 e. The molecule has 0 spiro atoms. The van der Waals surface area contributed by atoms with Gasteiger partial charge in [0, 0.05) is 37.7 Å². The van der Waals surface area contributed by atoms with Crippen LogP contribution in [0.3, 0.4) is 0 Å². The van der Waals surface area contributed by atoms with Gasteiger partial charge >= 0.3 is 0 Å². The van der Waals surface area contributed by atoms with Crippen molar-refractivity contribution in [3.05, 3.63) is 69.1 Å². The molecule has 0 N–H and O–H groups in total. The van der Waals surface area contributed by atoms with E-state index in [1.54, 1.807) is 0 Å². The number of amides is 1. The Hall–Kier alpha value is -2.22. The zero-order valence-electron chi connectivity index (χ0n) is 14.8. The van der Waals surface area contributed by atoms with E-state index >= 15 is 0 Å². The van der Waals surface area contributed by atoms with Crippen molar-refractivity contribution >= 4 is 28.8 Å². The van der Waals surface area contributed by atoms with Gasteiger partial charge in [0.2, 0.25) is 0 Å². The van der Waals surface area contributed by atoms with E-state index in [0.29, 0.717) is 6.54 Å². The van der Waals surface area contributed by atoms with E-state index in [2.05, 4.69) is 15.2 Å². The molecule has 140 valence electrons. The van der Waals surface area contributed by atoms with Gasteiger partial charge in [0.15, 0.2) is 0 Å². The molecule has 1 aliphatic rings. The summed E-state index contributed by atoms with van der Waals surface area (Å²) < 4.78 is 1.81. The third kappa shape index (κ3) is 4.37. The number of piperazine rings is 1. The Morgan fingerprint density at radius 1 is 1.07 bits per heavy atom. The van der Waals surface area contributed by atoms with Crippen molar-refractivity contribution in [3.8, 4) is 0 Å². The number of rotatable bonds is 5. The molecule has 0 bridgehead atoms. The van der Waals surface area contributed by atoms with Gasteiger partial charge in [0.05, 0.1) is 23.3 Å². The Bertz CT molecular complexity index is 902. The molecule has 3 heterocycles. The number of halogens is 1. The SMILES string of the molecule is O=C(c1cccs1)N1CCN(Cc2cn(Cc3ccccc3Cl)nn2)CC1. The lowest BCUT2D eigenvalue weighted by Gasteiger charge is -2.34. The summed E-state index contributed by atoms with van der Waals surface area (Å²) in [6.45, 7) is 4.51. The molecule has 27 heavy (non-hydrogen) atoms. The first-order valence-corrected chi connectivity index (χ1v) is 10.1. The second-order valence-electron chi connectivity index (χ2n) is 6.54. The molecule has 0 saturated carbocycles. The summed E-state index contributed by atoms with van der Waals surface area (Å²) in [6.07, 6.45) is 1.96. The van der Waals surface area contributed by atoms with Crippen molar-refractivity contribution in [2.24, 2.45) is 0 Å². The summed E-state index contributed by atoms with van der Waals surface area (Å²) in [5.74, 6) is 0.135. The van der Waals surface area contributed by atoms with Crippen LogP contribution in [-0.2, 0) is 13.1 Å². The van der Waals surface area contributed by atoms with Crippen LogP contribution in [0, 0.1) is 0 Å². The Morgan fingerprint density at radius 3 is 2.63 bits per heavy atom. The summed E-state index contributed by atoms with van der Waals surface area (Å²) in [5, 5.41) is 11.2. The summed E-state index contributed by atoms with van der Waals surface area (Å²) >= 11 is 7.71. The maximum Gasteiger partial charge on any atom is 0.264 e. The summed E-state index contributed by atoms with van der Waals surface area (Å²) in [7, 11) is 0. The fourth-order valence-corrected chi connectivity index (χ4v) is 4.07. The van der Waals surface area contributed by atoms with E-state index in [1.807, 2.05) is 57.6 Å². The third-order valence-corrected chi connectivity index (χ3v) is 5.88. The van der Waals surface area contributed by atoms with Crippen LogP contribution in [-0.4, -0.2) is 56.9 Å². The quantitative estimate of drug-likeness (QED) is 0.659. The third-order valence-electron chi connectivity index (χ3n) is 4.65. The molecule has 4 rings (SSSR count). The minimum absolute atomic E-state index is 0.135. The number of carbonyl (C=O) groups excluding carboxylic acids is 1. The average molecular weight is 402 g/mol. The smallest absolute Gasteiger partial charge is 0.264 e. The van der Waals surface area contributed by atoms with Crippen LogP contribution in [0.25, 0.3) is 0 Å². The molecular formula is C19H20ClN5OS. The van der Waals surface area contributed by atoms with Crippen molar-refractivity contribution in [3.63, 3.8) is 0 Å². The Labute approximate surface area is 167 Å². The van der Waals surface area contributed by atoms with Crippen LogP contribution in [0.15, 0.2) is 48.0 Å². The minimum atomic E-state index is 0.135. The lowest BCUT2D eigenvalue weighted by molar-refractivity contribution is 0.0631. The monoisotopic (exact) mass is 401 g/mol. The number of hydrogen-bond donors (Lipinski definition) is 0. The molecule has 0 unspecified atom stereocenters. The maximum absolute atomic E-state index is 12.4. The first-order valence-electron chi connectivity index (χ1n) is 8.86. The highest BCUT2D eigenvalue weighted by atomic mass is 35.5. The highest BCUT2D eigenvalue weighted by Crippen LogP contribution is 2.17. The second-order valence-corrected chi connectivity index (χ2v) is 7.90. The van der Waals surface area contributed by atoms with Crippen LogP contribution in [0.2, 0.25) is 5.02 Å². The van der Waals surface area contributed by atoms with Crippen molar-refractivity contribution in [2.75, 3.05) is 26.2 Å². The number of benzene rings is 1. The lowest BCUT2D eigenvalue weighted by atomic mass is 10.2. The van der Waals surface area contributed by atoms with Crippen molar-refractivity contribution in [2.45, 2.75) is 13.1 Å². The molecule has 0 radical (unpaired) electrons. The highest BCUT2D eigenvalue weighted by molar-refractivity contribution is 7.12. The molecule has 1 fully saturated rings. The van der Waals surface area contributed by atoms with Crippen LogP contribution < -0.4 is 0 Å². The van der Waals surface area contributed by atoms with Gasteiger partial charge in [-0.25, -0.2) is 4.68 Å². The molecule has 1 saturated heterocycles. The van der Waals surface area contributed by atoms with Crippen LogP contribution >= 0.6 is 22.9 Å². The Kier molecular flexibility index (Phi) is 5.52. The van der Waals surface area contributed by atoms with Gasteiger partial charge in [-0.1, -0.05) is 41.1 Å². The van der Waals surface area contributed by atoms with E-state index in [9.17, 15) is 4.79 Å². The van der Waals surface area contributed by atoms with Crippen molar-refractivity contribution < 1.29 is 4.79 Å². The van der Waals surface area contributed by atoms with E-state index < -0.39 is 0 Å². The zero-order chi connectivity index (χ0) is 18.6. The lowest BCUT2D eigenvalue weighted by Crippen LogP contribution is -2.48. The highest BCUT2D eigenvalue weighted by Gasteiger charge is 2.23. The van der Waals surface area contributed by atoms with E-state index in [0.717, 1.165) is 53.9 Å².